The summed E-state index contributed by atoms with van der Waals surface area (Å²) >= 11 is 6.14. The third-order valence-corrected chi connectivity index (χ3v) is 4.45. The SMILES string of the molecule is Cc1ccc(C(=O)N2CCC(C(C)Cl)CC2)c(C)c1. The van der Waals surface area contributed by atoms with Gasteiger partial charge in [-0.05, 0) is 51.2 Å². The van der Waals surface area contributed by atoms with Gasteiger partial charge in [-0.2, -0.15) is 0 Å². The number of carbonyl (C=O) groups excluding carboxylic acids is 1. The number of hydrogen-bond donors (Lipinski definition) is 0. The number of aryl methyl sites for hydroxylation is 2. The van der Waals surface area contributed by atoms with Gasteiger partial charge >= 0.3 is 0 Å². The predicted molar refractivity (Wildman–Crippen MR) is 79.9 cm³/mol. The first-order chi connectivity index (χ1) is 8.99. The second-order valence-electron chi connectivity index (χ2n) is 5.63. The molecule has 0 spiro atoms. The van der Waals surface area contributed by atoms with Crippen LogP contribution in [0.15, 0.2) is 18.2 Å². The number of piperidine rings is 1. The Hall–Kier alpha value is -1.02. The van der Waals surface area contributed by atoms with E-state index in [4.69, 9.17) is 11.6 Å². The van der Waals surface area contributed by atoms with Gasteiger partial charge in [0, 0.05) is 24.0 Å². The molecule has 0 bridgehead atoms. The second-order valence-corrected chi connectivity index (χ2v) is 6.31. The Labute approximate surface area is 120 Å². The maximum atomic E-state index is 12.5. The molecule has 1 aliphatic rings. The summed E-state index contributed by atoms with van der Waals surface area (Å²) < 4.78 is 0. The molecule has 1 amide bonds. The van der Waals surface area contributed by atoms with Crippen molar-refractivity contribution in [2.24, 2.45) is 5.92 Å². The van der Waals surface area contributed by atoms with Crippen molar-refractivity contribution in [1.82, 2.24) is 4.90 Å². The number of hydrogen-bond acceptors (Lipinski definition) is 1. The fourth-order valence-corrected chi connectivity index (χ4v) is 3.04. The summed E-state index contributed by atoms with van der Waals surface area (Å²) in [6.45, 7) is 7.76. The zero-order valence-electron chi connectivity index (χ0n) is 11.9. The van der Waals surface area contributed by atoms with E-state index >= 15 is 0 Å². The van der Waals surface area contributed by atoms with Crippen molar-refractivity contribution in [1.29, 1.82) is 0 Å². The molecule has 0 saturated carbocycles. The van der Waals surface area contributed by atoms with Gasteiger partial charge in [-0.3, -0.25) is 4.79 Å². The summed E-state index contributed by atoms with van der Waals surface area (Å²) in [6, 6.07) is 6.03. The van der Waals surface area contributed by atoms with Crippen LogP contribution < -0.4 is 0 Å². The lowest BCUT2D eigenvalue weighted by molar-refractivity contribution is 0.0689. The highest BCUT2D eigenvalue weighted by atomic mass is 35.5. The molecule has 19 heavy (non-hydrogen) atoms. The average molecular weight is 280 g/mol. The normalized spacial score (nSPS) is 18.4. The highest BCUT2D eigenvalue weighted by Gasteiger charge is 2.26. The van der Waals surface area contributed by atoms with Gasteiger partial charge in [0.1, 0.15) is 0 Å². The van der Waals surface area contributed by atoms with Gasteiger partial charge in [-0.15, -0.1) is 11.6 Å². The minimum absolute atomic E-state index is 0.165. The molecular formula is C16H22ClNO. The van der Waals surface area contributed by atoms with Crippen molar-refractivity contribution in [2.75, 3.05) is 13.1 Å². The molecule has 0 aliphatic carbocycles. The van der Waals surface area contributed by atoms with Crippen LogP contribution in [0.3, 0.4) is 0 Å². The molecule has 1 fully saturated rings. The Morgan fingerprint density at radius 1 is 1.32 bits per heavy atom. The lowest BCUT2D eigenvalue weighted by Crippen LogP contribution is -2.40. The third kappa shape index (κ3) is 3.30. The van der Waals surface area contributed by atoms with E-state index < -0.39 is 0 Å². The molecule has 0 radical (unpaired) electrons. The number of likely N-dealkylation sites (tertiary alicyclic amines) is 1. The predicted octanol–water partition coefficient (Wildman–Crippen LogP) is 3.78. The van der Waals surface area contributed by atoms with E-state index in [1.165, 1.54) is 5.56 Å². The van der Waals surface area contributed by atoms with Crippen LogP contribution in [0, 0.1) is 19.8 Å². The van der Waals surface area contributed by atoms with Crippen LogP contribution >= 0.6 is 11.6 Å². The Morgan fingerprint density at radius 3 is 2.47 bits per heavy atom. The van der Waals surface area contributed by atoms with Gasteiger partial charge in [0.05, 0.1) is 0 Å². The topological polar surface area (TPSA) is 20.3 Å². The van der Waals surface area contributed by atoms with E-state index in [9.17, 15) is 4.79 Å². The first-order valence-corrected chi connectivity index (χ1v) is 7.43. The van der Waals surface area contributed by atoms with Crippen molar-refractivity contribution in [3.05, 3.63) is 34.9 Å². The van der Waals surface area contributed by atoms with Crippen molar-refractivity contribution < 1.29 is 4.79 Å². The van der Waals surface area contributed by atoms with Crippen LogP contribution in [0.1, 0.15) is 41.3 Å². The Bertz CT molecular complexity index is 462. The van der Waals surface area contributed by atoms with Crippen LogP contribution in [0.25, 0.3) is 0 Å². The van der Waals surface area contributed by atoms with Gasteiger partial charge in [0.15, 0.2) is 0 Å². The Kier molecular flexibility index (Phi) is 4.51. The smallest absolute Gasteiger partial charge is 0.254 e. The second kappa shape index (κ2) is 5.96. The number of carbonyl (C=O) groups is 1. The van der Waals surface area contributed by atoms with Crippen LogP contribution in [-0.2, 0) is 0 Å². The maximum Gasteiger partial charge on any atom is 0.254 e. The van der Waals surface area contributed by atoms with Gasteiger partial charge < -0.3 is 4.90 Å². The zero-order valence-corrected chi connectivity index (χ0v) is 12.7. The van der Waals surface area contributed by atoms with Gasteiger partial charge in [0.25, 0.3) is 5.91 Å². The fraction of sp³-hybridized carbons (Fsp3) is 0.562. The highest BCUT2D eigenvalue weighted by Crippen LogP contribution is 2.25. The molecule has 0 aromatic heterocycles. The summed E-state index contributed by atoms with van der Waals surface area (Å²) in [5.41, 5.74) is 3.10. The van der Waals surface area contributed by atoms with E-state index in [0.29, 0.717) is 5.92 Å². The number of rotatable bonds is 2. The largest absolute Gasteiger partial charge is 0.339 e. The van der Waals surface area contributed by atoms with E-state index in [2.05, 4.69) is 13.0 Å². The number of amides is 1. The molecule has 2 nitrogen and oxygen atoms in total. The molecule has 1 aliphatic heterocycles. The van der Waals surface area contributed by atoms with Crippen molar-refractivity contribution in [2.45, 2.75) is 39.0 Å². The standard InChI is InChI=1S/C16H22ClNO/c1-11-4-5-15(12(2)10-11)16(19)18-8-6-14(7-9-18)13(3)17/h4-5,10,13-14H,6-9H2,1-3H3. The zero-order chi connectivity index (χ0) is 14.0. The molecule has 1 atom stereocenters. The van der Waals surface area contributed by atoms with E-state index in [-0.39, 0.29) is 11.3 Å². The molecule has 1 saturated heterocycles. The van der Waals surface area contributed by atoms with Crippen LogP contribution in [0.5, 0.6) is 0 Å². The monoisotopic (exact) mass is 279 g/mol. The molecule has 1 unspecified atom stereocenters. The average Bonchev–Trinajstić information content (AvgIpc) is 2.38. The van der Waals surface area contributed by atoms with Crippen molar-refractivity contribution in [3.63, 3.8) is 0 Å². The highest BCUT2D eigenvalue weighted by molar-refractivity contribution is 6.20. The molecule has 3 heteroatoms. The van der Waals surface area contributed by atoms with Crippen molar-refractivity contribution >= 4 is 17.5 Å². The lowest BCUT2D eigenvalue weighted by Gasteiger charge is -2.33. The molecule has 1 heterocycles. The summed E-state index contributed by atoms with van der Waals surface area (Å²) in [5.74, 6) is 0.711. The van der Waals surface area contributed by atoms with Crippen LogP contribution in [0.4, 0.5) is 0 Å². The molecule has 104 valence electrons. The lowest BCUT2D eigenvalue weighted by atomic mass is 9.93. The van der Waals surface area contributed by atoms with Gasteiger partial charge in [-0.1, -0.05) is 17.7 Å². The Morgan fingerprint density at radius 2 is 1.95 bits per heavy atom. The van der Waals surface area contributed by atoms with E-state index in [0.717, 1.165) is 37.1 Å². The molecule has 1 aromatic carbocycles. The van der Waals surface area contributed by atoms with Gasteiger partial charge in [0.2, 0.25) is 0 Å². The van der Waals surface area contributed by atoms with Gasteiger partial charge in [-0.25, -0.2) is 0 Å². The Balaban J connectivity index is 2.05. The van der Waals surface area contributed by atoms with Crippen LogP contribution in [0.2, 0.25) is 0 Å². The molecule has 2 rings (SSSR count). The first kappa shape index (κ1) is 14.4. The number of halogens is 1. The van der Waals surface area contributed by atoms with Crippen molar-refractivity contribution in [3.8, 4) is 0 Å². The first-order valence-electron chi connectivity index (χ1n) is 6.99. The number of alkyl halides is 1. The summed E-state index contributed by atoms with van der Waals surface area (Å²) in [7, 11) is 0. The minimum Gasteiger partial charge on any atom is -0.339 e. The molecule has 1 aromatic rings. The number of nitrogens with zero attached hydrogens (tertiary/aromatic N) is 1. The summed E-state index contributed by atoms with van der Waals surface area (Å²) in [4.78, 5) is 14.5. The van der Waals surface area contributed by atoms with Crippen LogP contribution in [-0.4, -0.2) is 29.3 Å². The quantitative estimate of drug-likeness (QED) is 0.755. The maximum absolute atomic E-state index is 12.5. The molecular weight excluding hydrogens is 258 g/mol. The summed E-state index contributed by atoms with van der Waals surface area (Å²) in [5, 5.41) is 0.207. The third-order valence-electron chi connectivity index (χ3n) is 4.09. The van der Waals surface area contributed by atoms with E-state index in [1.807, 2.05) is 30.9 Å². The number of benzene rings is 1. The fourth-order valence-electron chi connectivity index (χ4n) is 2.79. The molecule has 0 N–H and O–H groups in total. The van der Waals surface area contributed by atoms with E-state index in [1.54, 1.807) is 0 Å². The minimum atomic E-state index is 0.165. The summed E-state index contributed by atoms with van der Waals surface area (Å²) in [6.07, 6.45) is 2.03.